The fourth-order valence-corrected chi connectivity index (χ4v) is 3.88. The van der Waals surface area contributed by atoms with Crippen LogP contribution in [0.3, 0.4) is 0 Å². The van der Waals surface area contributed by atoms with Gasteiger partial charge in [0.2, 0.25) is 15.9 Å². The molecular weight excluding hydrogens is 342 g/mol. The van der Waals surface area contributed by atoms with Crippen LogP contribution in [0.25, 0.3) is 0 Å². The second-order valence-electron chi connectivity index (χ2n) is 6.11. The van der Waals surface area contributed by atoms with Crippen molar-refractivity contribution in [3.63, 3.8) is 0 Å². The standard InChI is InChI=1S/C17H27N3O4S/c1-5-19(6-2)10-9-18-25(22,23)15-7-8-17-16(11-15)20(14(4)21)12-13(3)24-17/h7-8,11,13,18H,5-6,9-10,12H2,1-4H3. The third-order valence-corrected chi connectivity index (χ3v) is 5.75. The van der Waals surface area contributed by atoms with Crippen molar-refractivity contribution in [1.29, 1.82) is 0 Å². The number of sulfonamides is 1. The maximum absolute atomic E-state index is 12.5. The molecule has 1 aromatic rings. The molecule has 8 heteroatoms. The van der Waals surface area contributed by atoms with Gasteiger partial charge in [-0.1, -0.05) is 13.8 Å². The van der Waals surface area contributed by atoms with Gasteiger partial charge < -0.3 is 14.5 Å². The zero-order valence-corrected chi connectivity index (χ0v) is 16.1. The van der Waals surface area contributed by atoms with Gasteiger partial charge in [-0.2, -0.15) is 0 Å². The molecule has 0 spiro atoms. The van der Waals surface area contributed by atoms with E-state index in [1.165, 1.54) is 19.1 Å². The number of hydrogen-bond donors (Lipinski definition) is 1. The van der Waals surface area contributed by atoms with Gasteiger partial charge in [-0.25, -0.2) is 13.1 Å². The molecule has 1 aliphatic heterocycles. The monoisotopic (exact) mass is 369 g/mol. The molecule has 0 radical (unpaired) electrons. The van der Waals surface area contributed by atoms with E-state index in [1.54, 1.807) is 11.0 Å². The molecule has 2 rings (SSSR count). The Bertz CT molecular complexity index is 717. The maximum atomic E-state index is 12.5. The van der Waals surface area contributed by atoms with Crippen LogP contribution in [0.15, 0.2) is 23.1 Å². The molecule has 1 aromatic carbocycles. The van der Waals surface area contributed by atoms with E-state index in [2.05, 4.69) is 9.62 Å². The molecule has 140 valence electrons. The normalized spacial score (nSPS) is 17.3. The van der Waals surface area contributed by atoms with E-state index in [0.29, 0.717) is 31.1 Å². The van der Waals surface area contributed by atoms with Crippen molar-refractivity contribution < 1.29 is 17.9 Å². The topological polar surface area (TPSA) is 79.0 Å². The fourth-order valence-electron chi connectivity index (χ4n) is 2.84. The van der Waals surface area contributed by atoms with E-state index < -0.39 is 10.0 Å². The summed E-state index contributed by atoms with van der Waals surface area (Å²) in [4.78, 5) is 15.7. The van der Waals surface area contributed by atoms with Gasteiger partial charge in [0.05, 0.1) is 17.1 Å². The molecule has 0 fully saturated rings. The zero-order valence-electron chi connectivity index (χ0n) is 15.3. The molecule has 25 heavy (non-hydrogen) atoms. The molecular formula is C17H27N3O4S. The smallest absolute Gasteiger partial charge is 0.240 e. The summed E-state index contributed by atoms with van der Waals surface area (Å²) in [5.41, 5.74) is 0.497. The summed E-state index contributed by atoms with van der Waals surface area (Å²) in [7, 11) is -3.64. The molecule has 0 bridgehead atoms. The molecule has 7 nitrogen and oxygen atoms in total. The Kier molecular flexibility index (Phi) is 6.42. The van der Waals surface area contributed by atoms with E-state index in [9.17, 15) is 13.2 Å². The summed E-state index contributed by atoms with van der Waals surface area (Å²) >= 11 is 0. The lowest BCUT2D eigenvalue weighted by Crippen LogP contribution is -2.41. The minimum atomic E-state index is -3.64. The lowest BCUT2D eigenvalue weighted by Gasteiger charge is -2.33. The zero-order chi connectivity index (χ0) is 18.6. The Labute approximate surface area is 150 Å². The van der Waals surface area contributed by atoms with Crippen LogP contribution < -0.4 is 14.4 Å². The van der Waals surface area contributed by atoms with Gasteiger partial charge in [-0.05, 0) is 38.2 Å². The first-order chi connectivity index (χ1) is 11.8. The average Bonchev–Trinajstić information content (AvgIpc) is 2.57. The van der Waals surface area contributed by atoms with Crippen LogP contribution in [0, 0.1) is 0 Å². The lowest BCUT2D eigenvalue weighted by molar-refractivity contribution is -0.117. The number of nitrogens with one attached hydrogen (secondary N) is 1. The average molecular weight is 369 g/mol. The van der Waals surface area contributed by atoms with Crippen molar-refractivity contribution in [2.75, 3.05) is 37.6 Å². The van der Waals surface area contributed by atoms with E-state index >= 15 is 0 Å². The second-order valence-corrected chi connectivity index (χ2v) is 7.88. The van der Waals surface area contributed by atoms with Gasteiger partial charge >= 0.3 is 0 Å². The molecule has 0 aliphatic carbocycles. The predicted molar refractivity (Wildman–Crippen MR) is 97.5 cm³/mol. The van der Waals surface area contributed by atoms with Crippen LogP contribution in [-0.2, 0) is 14.8 Å². The highest BCUT2D eigenvalue weighted by Crippen LogP contribution is 2.35. The third-order valence-electron chi connectivity index (χ3n) is 4.29. The van der Waals surface area contributed by atoms with Crippen LogP contribution in [0.5, 0.6) is 5.75 Å². The number of carbonyl (C=O) groups excluding carboxylic acids is 1. The number of carbonyl (C=O) groups is 1. The number of likely N-dealkylation sites (N-methyl/N-ethyl adjacent to an activating group) is 1. The molecule has 0 saturated heterocycles. The molecule has 1 atom stereocenters. The molecule has 1 heterocycles. The maximum Gasteiger partial charge on any atom is 0.240 e. The molecule has 0 aromatic heterocycles. The minimum Gasteiger partial charge on any atom is -0.487 e. The van der Waals surface area contributed by atoms with Crippen LogP contribution in [0.1, 0.15) is 27.7 Å². The molecule has 1 unspecified atom stereocenters. The van der Waals surface area contributed by atoms with Crippen LogP contribution >= 0.6 is 0 Å². The van der Waals surface area contributed by atoms with E-state index in [1.807, 2.05) is 20.8 Å². The van der Waals surface area contributed by atoms with Gasteiger partial charge in [0, 0.05) is 20.0 Å². The highest BCUT2D eigenvalue weighted by molar-refractivity contribution is 7.89. The summed E-state index contributed by atoms with van der Waals surface area (Å²) in [6, 6.07) is 4.62. The number of rotatable bonds is 7. The Hall–Kier alpha value is -1.64. The second kappa shape index (κ2) is 8.16. The first-order valence-electron chi connectivity index (χ1n) is 8.59. The number of benzene rings is 1. The SMILES string of the molecule is CCN(CC)CCNS(=O)(=O)c1ccc2c(c1)N(C(C)=O)CC(C)O2. The molecule has 0 saturated carbocycles. The van der Waals surface area contributed by atoms with E-state index in [0.717, 1.165) is 13.1 Å². The minimum absolute atomic E-state index is 0.133. The van der Waals surface area contributed by atoms with Crippen molar-refractivity contribution >= 4 is 21.6 Å². The van der Waals surface area contributed by atoms with Crippen LogP contribution in [0.2, 0.25) is 0 Å². The van der Waals surface area contributed by atoms with Crippen molar-refractivity contribution in [2.24, 2.45) is 0 Å². The van der Waals surface area contributed by atoms with Crippen LogP contribution in [0.4, 0.5) is 5.69 Å². The first-order valence-corrected chi connectivity index (χ1v) is 10.1. The summed E-state index contributed by atoms with van der Waals surface area (Å²) in [6.07, 6.45) is -0.133. The Balaban J connectivity index is 2.19. The van der Waals surface area contributed by atoms with Gasteiger partial charge in [0.15, 0.2) is 0 Å². The highest BCUT2D eigenvalue weighted by Gasteiger charge is 2.27. The number of hydrogen-bond acceptors (Lipinski definition) is 5. The third kappa shape index (κ3) is 4.71. The quantitative estimate of drug-likeness (QED) is 0.787. The largest absolute Gasteiger partial charge is 0.487 e. The fraction of sp³-hybridized carbons (Fsp3) is 0.588. The summed E-state index contributed by atoms with van der Waals surface area (Å²) in [5.74, 6) is 0.386. The summed E-state index contributed by atoms with van der Waals surface area (Å²) in [5, 5.41) is 0. The molecule has 1 amide bonds. The number of amides is 1. The number of anilines is 1. The lowest BCUT2D eigenvalue weighted by atomic mass is 10.2. The number of fused-ring (bicyclic) bond motifs is 1. The predicted octanol–water partition coefficient (Wildman–Crippen LogP) is 1.44. The van der Waals surface area contributed by atoms with Crippen molar-refractivity contribution in [3.05, 3.63) is 18.2 Å². The van der Waals surface area contributed by atoms with Gasteiger partial charge in [-0.15, -0.1) is 0 Å². The van der Waals surface area contributed by atoms with Crippen molar-refractivity contribution in [1.82, 2.24) is 9.62 Å². The Morgan fingerprint density at radius 1 is 1.36 bits per heavy atom. The van der Waals surface area contributed by atoms with Gasteiger partial charge in [0.1, 0.15) is 11.9 Å². The highest BCUT2D eigenvalue weighted by atomic mass is 32.2. The van der Waals surface area contributed by atoms with Crippen molar-refractivity contribution in [2.45, 2.75) is 38.7 Å². The number of ether oxygens (including phenoxy) is 1. The van der Waals surface area contributed by atoms with Gasteiger partial charge in [-0.3, -0.25) is 4.79 Å². The first kappa shape index (κ1) is 19.7. The Morgan fingerprint density at radius 2 is 2.04 bits per heavy atom. The van der Waals surface area contributed by atoms with Crippen molar-refractivity contribution in [3.8, 4) is 5.75 Å². The van der Waals surface area contributed by atoms with E-state index in [-0.39, 0.29) is 16.9 Å². The van der Waals surface area contributed by atoms with E-state index in [4.69, 9.17) is 4.74 Å². The van der Waals surface area contributed by atoms with Crippen LogP contribution in [-0.4, -0.2) is 58.1 Å². The molecule has 1 N–H and O–H groups in total. The van der Waals surface area contributed by atoms with Gasteiger partial charge in [0.25, 0.3) is 0 Å². The Morgan fingerprint density at radius 3 is 2.64 bits per heavy atom. The summed E-state index contributed by atoms with van der Waals surface area (Å²) in [6.45, 7) is 10.6. The summed E-state index contributed by atoms with van der Waals surface area (Å²) < 4.78 is 33.4. The number of nitrogens with zero attached hydrogens (tertiary/aromatic N) is 2. The molecule has 1 aliphatic rings.